The molecule has 7 nitrogen and oxygen atoms in total. The molecular formula is C12H10BrN3O4. The SMILES string of the molecule is O=C(O)C[C@@H](Nc1ncnc2ccc(Br)cc12)C(=O)O. The smallest absolute Gasteiger partial charge is 0.326 e. The number of rotatable bonds is 5. The third-order valence-corrected chi connectivity index (χ3v) is 3.08. The molecule has 2 aromatic rings. The number of aromatic nitrogens is 2. The van der Waals surface area contributed by atoms with Crippen molar-refractivity contribution in [3.05, 3.63) is 29.0 Å². The van der Waals surface area contributed by atoms with Gasteiger partial charge in [0.2, 0.25) is 0 Å². The van der Waals surface area contributed by atoms with E-state index < -0.39 is 24.4 Å². The number of hydrogen-bond donors (Lipinski definition) is 3. The topological polar surface area (TPSA) is 112 Å². The zero-order chi connectivity index (χ0) is 14.7. The fraction of sp³-hybridized carbons (Fsp3) is 0.167. The summed E-state index contributed by atoms with van der Waals surface area (Å²) in [5.74, 6) is -2.18. The van der Waals surface area contributed by atoms with E-state index in [-0.39, 0.29) is 5.82 Å². The molecule has 2 rings (SSSR count). The Hall–Kier alpha value is -2.22. The molecule has 8 heteroatoms. The lowest BCUT2D eigenvalue weighted by Crippen LogP contribution is -2.32. The van der Waals surface area contributed by atoms with E-state index in [1.54, 1.807) is 18.2 Å². The van der Waals surface area contributed by atoms with Crippen LogP contribution in [0.3, 0.4) is 0 Å². The number of carboxylic acid groups (broad SMARTS) is 2. The van der Waals surface area contributed by atoms with Crippen LogP contribution in [0.5, 0.6) is 0 Å². The van der Waals surface area contributed by atoms with Crippen LogP contribution in [0.1, 0.15) is 6.42 Å². The maximum atomic E-state index is 11.1. The maximum Gasteiger partial charge on any atom is 0.326 e. The molecule has 0 aliphatic heterocycles. The number of nitrogens with zero attached hydrogens (tertiary/aromatic N) is 2. The first kappa shape index (κ1) is 14.2. The highest BCUT2D eigenvalue weighted by Gasteiger charge is 2.22. The van der Waals surface area contributed by atoms with E-state index in [9.17, 15) is 9.59 Å². The summed E-state index contributed by atoms with van der Waals surface area (Å²) < 4.78 is 0.785. The largest absolute Gasteiger partial charge is 0.481 e. The average molecular weight is 340 g/mol. The van der Waals surface area contributed by atoms with Crippen molar-refractivity contribution < 1.29 is 19.8 Å². The Morgan fingerprint density at radius 1 is 1.30 bits per heavy atom. The summed E-state index contributed by atoms with van der Waals surface area (Å²) >= 11 is 3.31. The van der Waals surface area contributed by atoms with Crippen molar-refractivity contribution in [2.75, 3.05) is 5.32 Å². The van der Waals surface area contributed by atoms with E-state index >= 15 is 0 Å². The average Bonchev–Trinajstić information content (AvgIpc) is 2.38. The monoisotopic (exact) mass is 339 g/mol. The Morgan fingerprint density at radius 2 is 2.05 bits per heavy atom. The number of benzene rings is 1. The molecule has 104 valence electrons. The van der Waals surface area contributed by atoms with Crippen LogP contribution in [0.2, 0.25) is 0 Å². The fourth-order valence-corrected chi connectivity index (χ4v) is 2.04. The minimum atomic E-state index is -1.26. The highest BCUT2D eigenvalue weighted by Crippen LogP contribution is 2.24. The van der Waals surface area contributed by atoms with Gasteiger partial charge in [-0.3, -0.25) is 4.79 Å². The Bertz CT molecular complexity index is 677. The summed E-state index contributed by atoms with van der Waals surface area (Å²) in [6, 6.07) is 4.02. The molecule has 0 saturated heterocycles. The van der Waals surface area contributed by atoms with Gasteiger partial charge in [-0.05, 0) is 18.2 Å². The molecule has 1 heterocycles. The number of hydrogen-bond acceptors (Lipinski definition) is 5. The van der Waals surface area contributed by atoms with Gasteiger partial charge in [0.25, 0.3) is 0 Å². The lowest BCUT2D eigenvalue weighted by molar-refractivity contribution is -0.144. The van der Waals surface area contributed by atoms with Gasteiger partial charge < -0.3 is 15.5 Å². The zero-order valence-corrected chi connectivity index (χ0v) is 11.7. The van der Waals surface area contributed by atoms with Gasteiger partial charge in [-0.25, -0.2) is 14.8 Å². The van der Waals surface area contributed by atoms with Gasteiger partial charge in [-0.15, -0.1) is 0 Å². The summed E-state index contributed by atoms with van der Waals surface area (Å²) in [6.45, 7) is 0. The fourth-order valence-electron chi connectivity index (χ4n) is 1.68. The van der Waals surface area contributed by atoms with Crippen LogP contribution in [-0.4, -0.2) is 38.2 Å². The number of anilines is 1. The van der Waals surface area contributed by atoms with Crippen LogP contribution < -0.4 is 5.32 Å². The predicted octanol–water partition coefficient (Wildman–Crippen LogP) is 1.73. The van der Waals surface area contributed by atoms with Crippen molar-refractivity contribution in [2.45, 2.75) is 12.5 Å². The molecule has 0 unspecified atom stereocenters. The lowest BCUT2D eigenvalue weighted by atomic mass is 10.2. The second-order valence-corrected chi connectivity index (χ2v) is 4.93. The quantitative estimate of drug-likeness (QED) is 0.760. The molecule has 0 bridgehead atoms. The molecule has 0 fully saturated rings. The van der Waals surface area contributed by atoms with Gasteiger partial charge >= 0.3 is 11.9 Å². The molecule has 0 aliphatic rings. The van der Waals surface area contributed by atoms with Crippen molar-refractivity contribution in [1.29, 1.82) is 0 Å². The third-order valence-electron chi connectivity index (χ3n) is 2.59. The van der Waals surface area contributed by atoms with Gasteiger partial charge in [0.05, 0.1) is 11.9 Å². The van der Waals surface area contributed by atoms with Gasteiger partial charge in [0.1, 0.15) is 18.2 Å². The molecule has 3 N–H and O–H groups in total. The number of nitrogens with one attached hydrogen (secondary N) is 1. The Morgan fingerprint density at radius 3 is 2.70 bits per heavy atom. The van der Waals surface area contributed by atoms with Crippen LogP contribution in [0, 0.1) is 0 Å². The molecule has 0 spiro atoms. The summed E-state index contributed by atoms with van der Waals surface area (Å²) in [4.78, 5) is 29.8. The molecule has 0 aliphatic carbocycles. The van der Waals surface area contributed by atoms with E-state index in [4.69, 9.17) is 10.2 Å². The minimum Gasteiger partial charge on any atom is -0.481 e. The van der Waals surface area contributed by atoms with Gasteiger partial charge in [-0.2, -0.15) is 0 Å². The molecule has 1 aromatic heterocycles. The number of carbonyl (C=O) groups is 2. The number of aliphatic carboxylic acids is 2. The molecule has 0 saturated carbocycles. The molecule has 20 heavy (non-hydrogen) atoms. The second kappa shape index (κ2) is 5.83. The molecule has 1 atom stereocenters. The molecule has 0 amide bonds. The first-order valence-corrected chi connectivity index (χ1v) is 6.38. The highest BCUT2D eigenvalue weighted by atomic mass is 79.9. The van der Waals surface area contributed by atoms with Gasteiger partial charge in [0, 0.05) is 9.86 Å². The van der Waals surface area contributed by atoms with Gasteiger partial charge in [-0.1, -0.05) is 15.9 Å². The van der Waals surface area contributed by atoms with E-state index in [1.165, 1.54) is 6.33 Å². The van der Waals surface area contributed by atoms with Crippen LogP contribution in [0.4, 0.5) is 5.82 Å². The normalized spacial score (nSPS) is 12.1. The van der Waals surface area contributed by atoms with Crippen LogP contribution in [0.15, 0.2) is 29.0 Å². The van der Waals surface area contributed by atoms with E-state index in [2.05, 4.69) is 31.2 Å². The predicted molar refractivity (Wildman–Crippen MR) is 74.5 cm³/mol. The Balaban J connectivity index is 2.39. The van der Waals surface area contributed by atoms with Crippen molar-refractivity contribution in [1.82, 2.24) is 9.97 Å². The summed E-state index contributed by atoms with van der Waals surface area (Å²) in [7, 11) is 0. The van der Waals surface area contributed by atoms with Crippen molar-refractivity contribution in [2.24, 2.45) is 0 Å². The van der Waals surface area contributed by atoms with Crippen molar-refractivity contribution >= 4 is 44.6 Å². The minimum absolute atomic E-state index is 0.282. The number of carboxylic acids is 2. The second-order valence-electron chi connectivity index (χ2n) is 4.02. The first-order valence-electron chi connectivity index (χ1n) is 5.59. The van der Waals surface area contributed by atoms with E-state index in [0.717, 1.165) is 4.47 Å². The van der Waals surface area contributed by atoms with Crippen LogP contribution in [0.25, 0.3) is 10.9 Å². The molecule has 0 radical (unpaired) electrons. The van der Waals surface area contributed by atoms with Crippen LogP contribution in [-0.2, 0) is 9.59 Å². The lowest BCUT2D eigenvalue weighted by Gasteiger charge is -2.14. The summed E-state index contributed by atoms with van der Waals surface area (Å²) in [6.07, 6.45) is 0.743. The Labute approximate surface area is 121 Å². The number of halogens is 1. The Kier molecular flexibility index (Phi) is 4.14. The molecule has 1 aromatic carbocycles. The molecular weight excluding hydrogens is 330 g/mol. The summed E-state index contributed by atoms with van der Waals surface area (Å²) in [5.41, 5.74) is 0.630. The maximum absolute atomic E-state index is 11.1. The first-order chi connectivity index (χ1) is 9.47. The van der Waals surface area contributed by atoms with Crippen molar-refractivity contribution in [3.8, 4) is 0 Å². The van der Waals surface area contributed by atoms with E-state index in [0.29, 0.717) is 10.9 Å². The number of fused-ring (bicyclic) bond motifs is 1. The standard InChI is InChI=1S/C12H10BrN3O4/c13-6-1-2-8-7(3-6)11(15-5-14-8)16-9(12(19)20)4-10(17)18/h1-3,5,9H,4H2,(H,17,18)(H,19,20)(H,14,15,16)/t9-/m1/s1. The zero-order valence-electron chi connectivity index (χ0n) is 10.1. The third kappa shape index (κ3) is 3.21. The van der Waals surface area contributed by atoms with Crippen LogP contribution >= 0.6 is 15.9 Å². The van der Waals surface area contributed by atoms with Gasteiger partial charge in [0.15, 0.2) is 0 Å². The van der Waals surface area contributed by atoms with Crippen molar-refractivity contribution in [3.63, 3.8) is 0 Å². The highest BCUT2D eigenvalue weighted by molar-refractivity contribution is 9.10. The van der Waals surface area contributed by atoms with E-state index in [1.807, 2.05) is 0 Å². The summed E-state index contributed by atoms with van der Waals surface area (Å²) in [5, 5.41) is 21.0.